The predicted molar refractivity (Wildman–Crippen MR) is 88.6 cm³/mol. The first kappa shape index (κ1) is 17.2. The minimum absolute atomic E-state index is 0.00814. The van der Waals surface area contributed by atoms with Crippen molar-refractivity contribution >= 4 is 0 Å². The van der Waals surface area contributed by atoms with E-state index in [1.54, 1.807) is 0 Å². The molecule has 2 fully saturated rings. The Morgan fingerprint density at radius 3 is 2.81 bits per heavy atom. The maximum Gasteiger partial charge on any atom is 0.0616 e. The second kappa shape index (κ2) is 7.91. The van der Waals surface area contributed by atoms with Crippen molar-refractivity contribution in [3.63, 3.8) is 0 Å². The fraction of sp³-hybridized carbons (Fsp3) is 1.00. The van der Waals surface area contributed by atoms with Crippen molar-refractivity contribution in [1.82, 2.24) is 15.1 Å². The molecule has 21 heavy (non-hydrogen) atoms. The molecule has 0 aromatic carbocycles. The Morgan fingerprint density at radius 1 is 1.33 bits per heavy atom. The number of hydrogen-bond donors (Lipinski definition) is 2. The van der Waals surface area contributed by atoms with Crippen molar-refractivity contribution in [2.75, 3.05) is 46.4 Å². The van der Waals surface area contributed by atoms with Crippen molar-refractivity contribution in [2.24, 2.45) is 5.92 Å². The zero-order valence-electron chi connectivity index (χ0n) is 14.3. The Hall–Kier alpha value is -0.160. The highest BCUT2D eigenvalue weighted by Crippen LogP contribution is 2.38. The van der Waals surface area contributed by atoms with Crippen molar-refractivity contribution in [3.8, 4) is 0 Å². The first-order chi connectivity index (χ1) is 10.1. The van der Waals surface area contributed by atoms with Gasteiger partial charge in [-0.3, -0.25) is 0 Å². The average Bonchev–Trinajstić information content (AvgIpc) is 2.90. The van der Waals surface area contributed by atoms with Gasteiger partial charge in [0.2, 0.25) is 0 Å². The van der Waals surface area contributed by atoms with Crippen LogP contribution in [-0.2, 0) is 0 Å². The third-order valence-electron chi connectivity index (χ3n) is 5.80. The molecule has 1 saturated heterocycles. The highest BCUT2D eigenvalue weighted by molar-refractivity contribution is 4.99. The van der Waals surface area contributed by atoms with Gasteiger partial charge in [-0.25, -0.2) is 0 Å². The van der Waals surface area contributed by atoms with Crippen molar-refractivity contribution in [3.05, 3.63) is 0 Å². The SMILES string of the molecule is CCCNC1(CO)CCCC1CCN1CCN(C)C(C)C1. The molecule has 0 aromatic rings. The summed E-state index contributed by atoms with van der Waals surface area (Å²) in [6.07, 6.45) is 6.06. The van der Waals surface area contributed by atoms with E-state index in [1.165, 1.54) is 45.4 Å². The van der Waals surface area contributed by atoms with E-state index in [1.807, 2.05) is 0 Å². The lowest BCUT2D eigenvalue weighted by molar-refractivity contribution is 0.0818. The summed E-state index contributed by atoms with van der Waals surface area (Å²) in [7, 11) is 2.23. The summed E-state index contributed by atoms with van der Waals surface area (Å²) in [4.78, 5) is 5.07. The maximum absolute atomic E-state index is 9.94. The van der Waals surface area contributed by atoms with E-state index >= 15 is 0 Å². The van der Waals surface area contributed by atoms with Crippen LogP contribution in [0.3, 0.4) is 0 Å². The summed E-state index contributed by atoms with van der Waals surface area (Å²) in [5, 5.41) is 13.6. The molecule has 2 rings (SSSR count). The van der Waals surface area contributed by atoms with Gasteiger partial charge in [-0.1, -0.05) is 13.3 Å². The van der Waals surface area contributed by atoms with E-state index in [0.717, 1.165) is 19.4 Å². The maximum atomic E-state index is 9.94. The number of rotatable bonds is 7. The third kappa shape index (κ3) is 4.19. The van der Waals surface area contributed by atoms with Gasteiger partial charge in [-0.2, -0.15) is 0 Å². The van der Waals surface area contributed by atoms with E-state index in [-0.39, 0.29) is 5.54 Å². The Kier molecular flexibility index (Phi) is 6.48. The van der Waals surface area contributed by atoms with Crippen LogP contribution in [0.25, 0.3) is 0 Å². The number of nitrogens with one attached hydrogen (secondary N) is 1. The van der Waals surface area contributed by atoms with Crippen LogP contribution in [0, 0.1) is 5.92 Å². The zero-order chi connectivity index (χ0) is 15.3. The zero-order valence-corrected chi connectivity index (χ0v) is 14.3. The van der Waals surface area contributed by atoms with Gasteiger partial charge in [0.15, 0.2) is 0 Å². The largest absolute Gasteiger partial charge is 0.394 e. The molecule has 4 heteroatoms. The van der Waals surface area contributed by atoms with E-state index in [4.69, 9.17) is 0 Å². The van der Waals surface area contributed by atoms with Crippen LogP contribution in [0.1, 0.15) is 46.0 Å². The summed E-state index contributed by atoms with van der Waals surface area (Å²) >= 11 is 0. The van der Waals surface area contributed by atoms with Crippen LogP contribution in [0.5, 0.6) is 0 Å². The number of aliphatic hydroxyl groups is 1. The molecule has 1 heterocycles. The van der Waals surface area contributed by atoms with E-state index < -0.39 is 0 Å². The Balaban J connectivity index is 1.83. The second-order valence-corrected chi connectivity index (χ2v) is 7.25. The summed E-state index contributed by atoms with van der Waals surface area (Å²) < 4.78 is 0. The molecule has 0 spiro atoms. The molecule has 1 aliphatic heterocycles. The van der Waals surface area contributed by atoms with Gasteiger partial charge in [0.25, 0.3) is 0 Å². The smallest absolute Gasteiger partial charge is 0.0616 e. The molecule has 1 aliphatic carbocycles. The van der Waals surface area contributed by atoms with Gasteiger partial charge in [0.1, 0.15) is 0 Å². The number of likely N-dealkylation sites (N-methyl/N-ethyl adjacent to an activating group) is 1. The molecule has 0 radical (unpaired) electrons. The molecular weight excluding hydrogens is 262 g/mol. The minimum Gasteiger partial charge on any atom is -0.394 e. The van der Waals surface area contributed by atoms with E-state index in [2.05, 4.69) is 36.0 Å². The monoisotopic (exact) mass is 297 g/mol. The molecule has 0 amide bonds. The van der Waals surface area contributed by atoms with Gasteiger partial charge in [-0.05, 0) is 58.7 Å². The molecule has 3 atom stereocenters. The quantitative estimate of drug-likeness (QED) is 0.748. The number of hydrogen-bond acceptors (Lipinski definition) is 4. The van der Waals surface area contributed by atoms with Gasteiger partial charge in [0, 0.05) is 31.2 Å². The Labute approximate surface area is 130 Å². The number of aliphatic hydroxyl groups excluding tert-OH is 1. The molecule has 0 bridgehead atoms. The Bertz CT molecular complexity index is 312. The van der Waals surface area contributed by atoms with Crippen LogP contribution in [0.15, 0.2) is 0 Å². The highest BCUT2D eigenvalue weighted by atomic mass is 16.3. The normalized spacial score (nSPS) is 35.4. The van der Waals surface area contributed by atoms with Gasteiger partial charge < -0.3 is 20.2 Å². The molecule has 3 unspecified atom stereocenters. The fourth-order valence-corrected chi connectivity index (χ4v) is 4.10. The van der Waals surface area contributed by atoms with Crippen LogP contribution in [0.4, 0.5) is 0 Å². The molecule has 2 aliphatic rings. The van der Waals surface area contributed by atoms with Crippen LogP contribution >= 0.6 is 0 Å². The highest BCUT2D eigenvalue weighted by Gasteiger charge is 2.41. The summed E-state index contributed by atoms with van der Waals surface area (Å²) in [5.74, 6) is 0.643. The first-order valence-electron chi connectivity index (χ1n) is 8.90. The fourth-order valence-electron chi connectivity index (χ4n) is 4.10. The lowest BCUT2D eigenvalue weighted by atomic mass is 9.85. The number of nitrogens with zero attached hydrogens (tertiary/aromatic N) is 2. The topological polar surface area (TPSA) is 38.7 Å². The predicted octanol–water partition coefficient (Wildman–Crippen LogP) is 1.54. The van der Waals surface area contributed by atoms with Crippen LogP contribution in [0.2, 0.25) is 0 Å². The average molecular weight is 297 g/mol. The molecule has 124 valence electrons. The standard InChI is InChI=1S/C17H35N3O/c1-4-9-18-17(14-21)8-5-6-16(17)7-10-20-12-11-19(3)15(2)13-20/h15-16,18,21H,4-14H2,1-3H3. The number of piperazine rings is 1. The van der Waals surface area contributed by atoms with Crippen molar-refractivity contribution in [1.29, 1.82) is 0 Å². The van der Waals surface area contributed by atoms with Crippen LogP contribution < -0.4 is 5.32 Å². The van der Waals surface area contributed by atoms with Gasteiger partial charge in [-0.15, -0.1) is 0 Å². The van der Waals surface area contributed by atoms with E-state index in [0.29, 0.717) is 18.6 Å². The molecule has 2 N–H and O–H groups in total. The summed E-state index contributed by atoms with van der Waals surface area (Å²) in [6.45, 7) is 10.6. The van der Waals surface area contributed by atoms with Crippen LogP contribution in [-0.4, -0.2) is 72.9 Å². The van der Waals surface area contributed by atoms with E-state index in [9.17, 15) is 5.11 Å². The van der Waals surface area contributed by atoms with Gasteiger partial charge in [0.05, 0.1) is 6.61 Å². The molecular formula is C17H35N3O. The summed E-state index contributed by atoms with van der Waals surface area (Å²) in [5.41, 5.74) is 0.00814. The lowest BCUT2D eigenvalue weighted by Gasteiger charge is -2.40. The Morgan fingerprint density at radius 2 is 2.14 bits per heavy atom. The molecule has 0 aromatic heterocycles. The minimum atomic E-state index is 0.00814. The summed E-state index contributed by atoms with van der Waals surface area (Å²) in [6, 6.07) is 0.670. The molecule has 4 nitrogen and oxygen atoms in total. The van der Waals surface area contributed by atoms with Gasteiger partial charge >= 0.3 is 0 Å². The lowest BCUT2D eigenvalue weighted by Crippen LogP contribution is -2.53. The first-order valence-corrected chi connectivity index (χ1v) is 8.90. The third-order valence-corrected chi connectivity index (χ3v) is 5.80. The van der Waals surface area contributed by atoms with Crippen molar-refractivity contribution in [2.45, 2.75) is 57.5 Å². The second-order valence-electron chi connectivity index (χ2n) is 7.25. The molecule has 1 saturated carbocycles. The van der Waals surface area contributed by atoms with Crippen molar-refractivity contribution < 1.29 is 5.11 Å².